The van der Waals surface area contributed by atoms with Crippen molar-refractivity contribution >= 4 is 63.3 Å². The lowest BCUT2D eigenvalue weighted by Gasteiger charge is -2.11. The quantitative estimate of drug-likeness (QED) is 0.332. The molecule has 0 aliphatic carbocycles. The molecule has 0 saturated heterocycles. The number of ether oxygens (including phenoxy) is 1. The molecule has 0 atom stereocenters. The van der Waals surface area contributed by atoms with E-state index in [1.807, 2.05) is 48.5 Å². The van der Waals surface area contributed by atoms with Crippen LogP contribution in [0.1, 0.15) is 11.1 Å². The average molecular weight is 530 g/mol. The van der Waals surface area contributed by atoms with Gasteiger partial charge in [0.05, 0.1) is 12.5 Å². The van der Waals surface area contributed by atoms with Crippen LogP contribution in [0.4, 0.5) is 0 Å². The first-order valence-electron chi connectivity index (χ1n) is 6.84. The van der Waals surface area contributed by atoms with Gasteiger partial charge in [0.1, 0.15) is 16.9 Å². The van der Waals surface area contributed by atoms with Gasteiger partial charge in [0.25, 0.3) is 0 Å². The van der Waals surface area contributed by atoms with Gasteiger partial charge in [-0.2, -0.15) is 0 Å². The summed E-state index contributed by atoms with van der Waals surface area (Å²) in [5, 5.41) is 0.788. The van der Waals surface area contributed by atoms with Gasteiger partial charge in [0, 0.05) is 7.16 Å². The molecule has 5 heteroatoms. The highest BCUT2D eigenvalue weighted by Crippen LogP contribution is 2.40. The maximum atomic E-state index is 12.5. The van der Waals surface area contributed by atoms with E-state index in [1.54, 1.807) is 13.2 Å². The minimum absolute atomic E-state index is 0.393. The van der Waals surface area contributed by atoms with E-state index in [0.29, 0.717) is 16.9 Å². The van der Waals surface area contributed by atoms with Crippen molar-refractivity contribution in [1.29, 1.82) is 0 Å². The van der Waals surface area contributed by atoms with Crippen LogP contribution in [-0.2, 0) is 0 Å². The smallest absolute Gasteiger partial charge is 0.348 e. The van der Waals surface area contributed by atoms with Gasteiger partial charge >= 0.3 is 5.63 Å². The summed E-state index contributed by atoms with van der Waals surface area (Å²) in [5.41, 5.74) is 1.64. The summed E-state index contributed by atoms with van der Waals surface area (Å²) in [6, 6.07) is 17.3. The maximum Gasteiger partial charge on any atom is 0.348 e. The van der Waals surface area contributed by atoms with Crippen molar-refractivity contribution in [2.75, 3.05) is 7.11 Å². The van der Waals surface area contributed by atoms with E-state index in [9.17, 15) is 4.79 Å². The fourth-order valence-corrected chi connectivity index (χ4v) is 3.75. The van der Waals surface area contributed by atoms with Crippen LogP contribution in [-0.4, -0.2) is 7.11 Å². The molecule has 0 aliphatic rings. The molecule has 0 radical (unpaired) electrons. The molecule has 0 fully saturated rings. The molecular weight excluding hydrogens is 518 g/mol. The molecule has 0 aliphatic heterocycles. The van der Waals surface area contributed by atoms with Crippen molar-refractivity contribution in [2.24, 2.45) is 0 Å². The Bertz CT molecular complexity index is 943. The first kappa shape index (κ1) is 16.5. The lowest BCUT2D eigenvalue weighted by molar-refractivity contribution is 0.412. The van der Waals surface area contributed by atoms with Crippen LogP contribution in [0, 0.1) is 0 Å². The van der Waals surface area contributed by atoms with E-state index in [2.05, 4.69) is 45.2 Å². The monoisotopic (exact) mass is 530 g/mol. The predicted molar refractivity (Wildman–Crippen MR) is 110 cm³/mol. The SMILES string of the molecule is COc1c(/C(I)=C(\I)c2ccccc2)c(=O)oc2ccccc12. The molecule has 23 heavy (non-hydrogen) atoms. The Labute approximate surface area is 160 Å². The topological polar surface area (TPSA) is 39.4 Å². The average Bonchev–Trinajstić information content (AvgIpc) is 2.60. The number of methoxy groups -OCH3 is 1. The fourth-order valence-electron chi connectivity index (χ4n) is 2.34. The van der Waals surface area contributed by atoms with Gasteiger partial charge in [0.15, 0.2) is 0 Å². The molecule has 0 N–H and O–H groups in total. The lowest BCUT2D eigenvalue weighted by Crippen LogP contribution is -2.08. The minimum Gasteiger partial charge on any atom is -0.495 e. The summed E-state index contributed by atoms with van der Waals surface area (Å²) >= 11 is 4.42. The Balaban J connectivity index is 2.31. The Morgan fingerprint density at radius 3 is 2.30 bits per heavy atom. The number of rotatable bonds is 3. The van der Waals surface area contributed by atoms with Crippen LogP contribution in [0.15, 0.2) is 63.8 Å². The number of hydrogen-bond donors (Lipinski definition) is 0. The van der Waals surface area contributed by atoms with Crippen LogP contribution in [0.25, 0.3) is 18.1 Å². The van der Waals surface area contributed by atoms with Crippen molar-refractivity contribution in [3.63, 3.8) is 0 Å². The van der Waals surface area contributed by atoms with Crippen LogP contribution in [0.3, 0.4) is 0 Å². The predicted octanol–water partition coefficient (Wildman–Crippen LogP) is 5.50. The van der Waals surface area contributed by atoms with Gasteiger partial charge in [-0.05, 0) is 62.9 Å². The van der Waals surface area contributed by atoms with Gasteiger partial charge in [-0.1, -0.05) is 42.5 Å². The van der Waals surface area contributed by atoms with Gasteiger partial charge in [-0.15, -0.1) is 0 Å². The normalized spacial score (nSPS) is 12.1. The van der Waals surface area contributed by atoms with Crippen LogP contribution >= 0.6 is 45.2 Å². The van der Waals surface area contributed by atoms with E-state index in [0.717, 1.165) is 18.1 Å². The number of halogens is 2. The first-order valence-corrected chi connectivity index (χ1v) is 9.00. The second-order valence-electron chi connectivity index (χ2n) is 4.79. The van der Waals surface area contributed by atoms with Gasteiger partial charge in [-0.3, -0.25) is 0 Å². The molecule has 3 aromatic rings. The summed E-state index contributed by atoms with van der Waals surface area (Å²) in [6.45, 7) is 0. The van der Waals surface area contributed by atoms with Crippen molar-refractivity contribution in [2.45, 2.75) is 0 Å². The van der Waals surface area contributed by atoms with Crippen molar-refractivity contribution in [3.05, 3.63) is 76.1 Å². The third kappa shape index (κ3) is 3.16. The highest BCUT2D eigenvalue weighted by Gasteiger charge is 2.20. The van der Waals surface area contributed by atoms with Gasteiger partial charge < -0.3 is 9.15 Å². The van der Waals surface area contributed by atoms with E-state index < -0.39 is 5.63 Å². The summed E-state index contributed by atoms with van der Waals surface area (Å²) in [5.74, 6) is 0.548. The second kappa shape index (κ2) is 7.04. The summed E-state index contributed by atoms with van der Waals surface area (Å²) in [4.78, 5) is 12.5. The largest absolute Gasteiger partial charge is 0.495 e. The van der Waals surface area contributed by atoms with E-state index in [-0.39, 0.29) is 0 Å². The standard InChI is InChI=1S/C18H12I2O3/c1-22-17-12-9-5-6-10-13(12)23-18(21)14(17)16(20)15(19)11-7-3-2-4-8-11/h2-10H,1H3/b16-15+. The lowest BCUT2D eigenvalue weighted by atomic mass is 10.1. The minimum atomic E-state index is -0.393. The number of benzene rings is 2. The zero-order valence-corrected chi connectivity index (χ0v) is 16.5. The molecule has 3 nitrogen and oxygen atoms in total. The van der Waals surface area contributed by atoms with Crippen molar-refractivity contribution in [1.82, 2.24) is 0 Å². The fraction of sp³-hybridized carbons (Fsp3) is 0.0556. The Morgan fingerprint density at radius 2 is 1.61 bits per heavy atom. The van der Waals surface area contributed by atoms with Crippen molar-refractivity contribution in [3.8, 4) is 5.75 Å². The number of para-hydroxylation sites is 1. The Hall–Kier alpha value is -1.35. The molecule has 1 heterocycles. The molecule has 0 saturated carbocycles. The molecular formula is C18H12I2O3. The summed E-state index contributed by atoms with van der Waals surface area (Å²) < 4.78 is 12.8. The molecule has 116 valence electrons. The Kier molecular flexibility index (Phi) is 5.05. The number of fused-ring (bicyclic) bond motifs is 1. The van der Waals surface area contributed by atoms with E-state index >= 15 is 0 Å². The van der Waals surface area contributed by atoms with Gasteiger partial charge in [-0.25, -0.2) is 4.79 Å². The third-order valence-corrected chi connectivity index (χ3v) is 6.68. The maximum absolute atomic E-state index is 12.5. The molecule has 0 bridgehead atoms. The molecule has 1 aromatic heterocycles. The molecule has 3 rings (SSSR count). The Morgan fingerprint density at radius 1 is 0.957 bits per heavy atom. The molecule has 0 spiro atoms. The zero-order valence-electron chi connectivity index (χ0n) is 12.2. The molecule has 2 aromatic carbocycles. The van der Waals surface area contributed by atoms with Crippen LogP contribution < -0.4 is 10.4 Å². The molecule has 0 amide bonds. The van der Waals surface area contributed by atoms with Crippen molar-refractivity contribution < 1.29 is 9.15 Å². The van der Waals surface area contributed by atoms with Crippen LogP contribution in [0.5, 0.6) is 5.75 Å². The van der Waals surface area contributed by atoms with Gasteiger partial charge in [0.2, 0.25) is 0 Å². The van der Waals surface area contributed by atoms with E-state index in [1.165, 1.54) is 0 Å². The second-order valence-corrected chi connectivity index (χ2v) is 6.95. The summed E-state index contributed by atoms with van der Waals surface area (Å²) in [6.07, 6.45) is 0. The highest BCUT2D eigenvalue weighted by molar-refractivity contribution is 14.1. The highest BCUT2D eigenvalue weighted by atomic mass is 127. The molecule has 0 unspecified atom stereocenters. The summed E-state index contributed by atoms with van der Waals surface area (Å²) in [7, 11) is 1.57. The number of hydrogen-bond acceptors (Lipinski definition) is 3. The third-order valence-electron chi connectivity index (χ3n) is 3.41. The first-order chi connectivity index (χ1) is 11.1. The van der Waals surface area contributed by atoms with Crippen LogP contribution in [0.2, 0.25) is 0 Å². The van der Waals surface area contributed by atoms with E-state index in [4.69, 9.17) is 9.15 Å². The zero-order chi connectivity index (χ0) is 16.4.